The average molecular weight is 260 g/mol. The van der Waals surface area contributed by atoms with Gasteiger partial charge in [-0.1, -0.05) is 0 Å². The van der Waals surface area contributed by atoms with Gasteiger partial charge in [-0.2, -0.15) is 5.10 Å². The summed E-state index contributed by atoms with van der Waals surface area (Å²) in [6.07, 6.45) is 1.66. The monoisotopic (exact) mass is 260 g/mol. The van der Waals surface area contributed by atoms with Crippen LogP contribution in [0.25, 0.3) is 0 Å². The van der Waals surface area contributed by atoms with E-state index in [0.29, 0.717) is 5.82 Å². The molecule has 3 N–H and O–H groups in total. The van der Waals surface area contributed by atoms with Crippen molar-refractivity contribution in [1.29, 1.82) is 0 Å². The fourth-order valence-corrected chi connectivity index (χ4v) is 1.71. The van der Waals surface area contributed by atoms with E-state index in [2.05, 4.69) is 10.4 Å². The summed E-state index contributed by atoms with van der Waals surface area (Å²) in [6, 6.07) is 7.12. The molecule has 0 bridgehead atoms. The first-order chi connectivity index (χ1) is 9.08. The van der Waals surface area contributed by atoms with Crippen LogP contribution in [0.1, 0.15) is 5.56 Å². The SMILES string of the molecule is COc1ccc(NC(=O)Cn2ccc(N)n2)c(C)c1. The van der Waals surface area contributed by atoms with E-state index in [9.17, 15) is 4.79 Å². The zero-order valence-corrected chi connectivity index (χ0v) is 10.9. The van der Waals surface area contributed by atoms with E-state index >= 15 is 0 Å². The molecule has 19 heavy (non-hydrogen) atoms. The summed E-state index contributed by atoms with van der Waals surface area (Å²) in [5.74, 6) is 1.00. The molecular formula is C13H16N4O2. The maximum atomic E-state index is 11.9. The number of nitrogens with one attached hydrogen (secondary N) is 1. The van der Waals surface area contributed by atoms with Crippen LogP contribution in [0.15, 0.2) is 30.5 Å². The predicted octanol–water partition coefficient (Wildman–Crippen LogP) is 1.42. The highest BCUT2D eigenvalue weighted by atomic mass is 16.5. The van der Waals surface area contributed by atoms with Crippen LogP contribution in [-0.2, 0) is 11.3 Å². The van der Waals surface area contributed by atoms with Crippen molar-refractivity contribution < 1.29 is 9.53 Å². The van der Waals surface area contributed by atoms with Crippen molar-refractivity contribution in [2.45, 2.75) is 13.5 Å². The minimum absolute atomic E-state index is 0.128. The Morgan fingerprint density at radius 1 is 1.47 bits per heavy atom. The quantitative estimate of drug-likeness (QED) is 0.871. The maximum absolute atomic E-state index is 11.9. The Labute approximate surface area is 111 Å². The number of nitrogens with two attached hydrogens (primary N) is 1. The molecule has 0 saturated carbocycles. The van der Waals surface area contributed by atoms with Gasteiger partial charge < -0.3 is 15.8 Å². The predicted molar refractivity (Wildman–Crippen MR) is 73.0 cm³/mol. The average Bonchev–Trinajstić information content (AvgIpc) is 2.77. The molecule has 1 aromatic carbocycles. The number of carbonyl (C=O) groups is 1. The number of rotatable bonds is 4. The number of methoxy groups -OCH3 is 1. The van der Waals surface area contributed by atoms with E-state index in [-0.39, 0.29) is 12.5 Å². The highest BCUT2D eigenvalue weighted by molar-refractivity contribution is 5.91. The van der Waals surface area contributed by atoms with Crippen LogP contribution < -0.4 is 15.8 Å². The van der Waals surface area contributed by atoms with Crippen molar-refractivity contribution in [3.05, 3.63) is 36.0 Å². The number of amides is 1. The Morgan fingerprint density at radius 2 is 2.26 bits per heavy atom. The van der Waals surface area contributed by atoms with Crippen molar-refractivity contribution in [3.63, 3.8) is 0 Å². The second-order valence-electron chi connectivity index (χ2n) is 4.17. The summed E-state index contributed by atoms with van der Waals surface area (Å²) >= 11 is 0. The van der Waals surface area contributed by atoms with Crippen LogP contribution in [-0.4, -0.2) is 22.8 Å². The molecule has 1 heterocycles. The molecule has 0 spiro atoms. The number of ether oxygens (including phenoxy) is 1. The number of aromatic nitrogens is 2. The highest BCUT2D eigenvalue weighted by Gasteiger charge is 2.07. The lowest BCUT2D eigenvalue weighted by molar-refractivity contribution is -0.116. The fourth-order valence-electron chi connectivity index (χ4n) is 1.71. The zero-order chi connectivity index (χ0) is 13.8. The third-order valence-electron chi connectivity index (χ3n) is 2.67. The number of nitrogens with zero attached hydrogens (tertiary/aromatic N) is 2. The largest absolute Gasteiger partial charge is 0.497 e. The molecule has 6 nitrogen and oxygen atoms in total. The molecule has 0 aliphatic rings. The van der Waals surface area contributed by atoms with Gasteiger partial charge in [0.1, 0.15) is 18.1 Å². The van der Waals surface area contributed by atoms with Gasteiger partial charge >= 0.3 is 0 Å². The summed E-state index contributed by atoms with van der Waals surface area (Å²) in [5.41, 5.74) is 7.18. The number of benzene rings is 1. The lowest BCUT2D eigenvalue weighted by Crippen LogP contribution is -2.19. The van der Waals surface area contributed by atoms with Crippen LogP contribution in [0.3, 0.4) is 0 Å². The summed E-state index contributed by atoms with van der Waals surface area (Å²) in [4.78, 5) is 11.9. The van der Waals surface area contributed by atoms with Crippen molar-refractivity contribution in [2.75, 3.05) is 18.2 Å². The summed E-state index contributed by atoms with van der Waals surface area (Å²) < 4.78 is 6.60. The first kappa shape index (κ1) is 12.9. The number of aryl methyl sites for hydroxylation is 1. The second-order valence-corrected chi connectivity index (χ2v) is 4.17. The minimum Gasteiger partial charge on any atom is -0.497 e. The van der Waals surface area contributed by atoms with E-state index in [1.807, 2.05) is 19.1 Å². The summed E-state index contributed by atoms with van der Waals surface area (Å²) in [7, 11) is 1.61. The Morgan fingerprint density at radius 3 is 2.84 bits per heavy atom. The van der Waals surface area contributed by atoms with E-state index in [4.69, 9.17) is 10.5 Å². The molecular weight excluding hydrogens is 244 g/mol. The molecule has 2 aromatic rings. The number of hydrogen-bond acceptors (Lipinski definition) is 4. The first-order valence-electron chi connectivity index (χ1n) is 5.82. The van der Waals surface area contributed by atoms with Crippen molar-refractivity contribution in [2.24, 2.45) is 0 Å². The molecule has 0 saturated heterocycles. The molecule has 0 fully saturated rings. The van der Waals surface area contributed by atoms with Crippen molar-refractivity contribution >= 4 is 17.4 Å². The van der Waals surface area contributed by atoms with Gasteiger partial charge in [0.2, 0.25) is 5.91 Å². The molecule has 1 amide bonds. The van der Waals surface area contributed by atoms with Crippen LogP contribution in [0, 0.1) is 6.92 Å². The van der Waals surface area contributed by atoms with Gasteiger partial charge in [-0.25, -0.2) is 0 Å². The number of nitrogen functional groups attached to an aromatic ring is 1. The normalized spacial score (nSPS) is 10.2. The molecule has 1 aromatic heterocycles. The lowest BCUT2D eigenvalue weighted by Gasteiger charge is -2.09. The van der Waals surface area contributed by atoms with Crippen LogP contribution in [0.5, 0.6) is 5.75 Å². The first-order valence-corrected chi connectivity index (χ1v) is 5.82. The minimum atomic E-state index is -0.156. The van der Waals surface area contributed by atoms with E-state index < -0.39 is 0 Å². The summed E-state index contributed by atoms with van der Waals surface area (Å²) in [5, 5.41) is 6.78. The van der Waals surface area contributed by atoms with Gasteiger partial charge in [0.05, 0.1) is 7.11 Å². The third-order valence-corrected chi connectivity index (χ3v) is 2.67. The van der Waals surface area contributed by atoms with E-state index in [1.165, 1.54) is 4.68 Å². The third kappa shape index (κ3) is 3.25. The van der Waals surface area contributed by atoms with Gasteiger partial charge in [0, 0.05) is 11.9 Å². The lowest BCUT2D eigenvalue weighted by atomic mass is 10.2. The molecule has 6 heteroatoms. The van der Waals surface area contributed by atoms with Crippen molar-refractivity contribution in [1.82, 2.24) is 9.78 Å². The Balaban J connectivity index is 2.02. The topological polar surface area (TPSA) is 82.2 Å². The number of anilines is 2. The van der Waals surface area contributed by atoms with Crippen LogP contribution in [0.4, 0.5) is 11.5 Å². The Kier molecular flexibility index (Phi) is 3.70. The maximum Gasteiger partial charge on any atom is 0.246 e. The van der Waals surface area contributed by atoms with Crippen LogP contribution in [0.2, 0.25) is 0 Å². The van der Waals surface area contributed by atoms with Crippen LogP contribution >= 0.6 is 0 Å². The Bertz CT molecular complexity index is 592. The zero-order valence-electron chi connectivity index (χ0n) is 10.9. The standard InChI is InChI=1S/C13H16N4O2/c1-9-7-10(19-2)3-4-11(9)15-13(18)8-17-6-5-12(14)16-17/h3-7H,8H2,1-2H3,(H2,14,16)(H,15,18). The van der Waals surface area contributed by atoms with Gasteiger partial charge in [-0.05, 0) is 36.8 Å². The van der Waals surface area contributed by atoms with E-state index in [1.54, 1.807) is 25.4 Å². The molecule has 0 aliphatic heterocycles. The number of carbonyl (C=O) groups excluding carboxylic acids is 1. The number of hydrogen-bond donors (Lipinski definition) is 2. The molecule has 0 radical (unpaired) electrons. The smallest absolute Gasteiger partial charge is 0.246 e. The molecule has 100 valence electrons. The van der Waals surface area contributed by atoms with E-state index in [0.717, 1.165) is 17.0 Å². The van der Waals surface area contributed by atoms with Crippen molar-refractivity contribution in [3.8, 4) is 5.75 Å². The van der Waals surface area contributed by atoms with Gasteiger partial charge in [0.25, 0.3) is 0 Å². The van der Waals surface area contributed by atoms with Gasteiger partial charge in [-0.15, -0.1) is 0 Å². The van der Waals surface area contributed by atoms with Gasteiger partial charge in [0.15, 0.2) is 0 Å². The Hall–Kier alpha value is -2.50. The molecule has 0 unspecified atom stereocenters. The molecule has 0 atom stereocenters. The molecule has 2 rings (SSSR count). The fraction of sp³-hybridized carbons (Fsp3) is 0.231. The summed E-state index contributed by atoms with van der Waals surface area (Å²) in [6.45, 7) is 2.03. The molecule has 0 aliphatic carbocycles. The highest BCUT2D eigenvalue weighted by Crippen LogP contribution is 2.20. The second kappa shape index (κ2) is 5.43. The van der Waals surface area contributed by atoms with Gasteiger partial charge in [-0.3, -0.25) is 9.48 Å².